The van der Waals surface area contributed by atoms with E-state index in [-0.39, 0.29) is 24.0 Å². The van der Waals surface area contributed by atoms with Gasteiger partial charge in [0.2, 0.25) is 0 Å². The number of aliphatic imine (C=N–C) groups is 1. The number of methoxy groups -OCH3 is 1. The molecular formula is C23H35IN4O2. The first kappa shape index (κ1) is 26.0. The lowest BCUT2D eigenvalue weighted by atomic mass is 10.2. The summed E-state index contributed by atoms with van der Waals surface area (Å²) < 4.78 is 11.2. The minimum atomic E-state index is 0. The van der Waals surface area contributed by atoms with Crippen LogP contribution in [0.15, 0.2) is 53.5 Å². The Morgan fingerprint density at radius 2 is 1.63 bits per heavy atom. The third-order valence-electron chi connectivity index (χ3n) is 4.82. The first-order valence-corrected chi connectivity index (χ1v) is 10.2. The summed E-state index contributed by atoms with van der Waals surface area (Å²) >= 11 is 0. The Balaban J connectivity index is 0.00000450. The van der Waals surface area contributed by atoms with Crippen molar-refractivity contribution in [2.75, 3.05) is 40.4 Å². The van der Waals surface area contributed by atoms with Gasteiger partial charge in [-0.15, -0.1) is 24.0 Å². The third kappa shape index (κ3) is 8.79. The maximum absolute atomic E-state index is 5.84. The van der Waals surface area contributed by atoms with E-state index in [9.17, 15) is 0 Å². The summed E-state index contributed by atoms with van der Waals surface area (Å²) in [7, 11) is 3.45. The Labute approximate surface area is 198 Å². The third-order valence-corrected chi connectivity index (χ3v) is 4.82. The highest BCUT2D eigenvalue weighted by atomic mass is 127. The van der Waals surface area contributed by atoms with E-state index in [1.165, 1.54) is 5.56 Å². The van der Waals surface area contributed by atoms with Crippen LogP contribution in [0.4, 0.5) is 0 Å². The number of hydrogen-bond donors (Lipinski definition) is 2. The maximum Gasteiger partial charge on any atom is 0.191 e. The molecule has 0 amide bonds. The molecule has 0 aliphatic heterocycles. The summed E-state index contributed by atoms with van der Waals surface area (Å²) in [5, 5.41) is 6.66. The van der Waals surface area contributed by atoms with Gasteiger partial charge in [-0.3, -0.25) is 4.99 Å². The summed E-state index contributed by atoms with van der Waals surface area (Å²) in [5.74, 6) is 2.52. The van der Waals surface area contributed by atoms with Crippen LogP contribution in [0, 0.1) is 0 Å². The van der Waals surface area contributed by atoms with Crippen molar-refractivity contribution in [3.05, 3.63) is 59.7 Å². The van der Waals surface area contributed by atoms with E-state index in [2.05, 4.69) is 46.5 Å². The molecule has 6 nitrogen and oxygen atoms in total. The number of halogens is 1. The van der Waals surface area contributed by atoms with Gasteiger partial charge in [0.05, 0.1) is 7.11 Å². The number of nitrogens with zero attached hydrogens (tertiary/aromatic N) is 2. The van der Waals surface area contributed by atoms with Gasteiger partial charge < -0.3 is 25.0 Å². The SMILES string of the molecule is CCN(CC)CCOc1ccc(CNC(=NC)NCc2ccccc2OC)cc1.I. The van der Waals surface area contributed by atoms with Crippen molar-refractivity contribution in [2.24, 2.45) is 4.99 Å². The van der Waals surface area contributed by atoms with E-state index in [0.29, 0.717) is 19.7 Å². The van der Waals surface area contributed by atoms with Crippen LogP contribution in [0.2, 0.25) is 0 Å². The highest BCUT2D eigenvalue weighted by Gasteiger charge is 2.04. The minimum Gasteiger partial charge on any atom is -0.496 e. The number of hydrogen-bond acceptors (Lipinski definition) is 4. The lowest BCUT2D eigenvalue weighted by molar-refractivity contribution is 0.223. The smallest absolute Gasteiger partial charge is 0.191 e. The van der Waals surface area contributed by atoms with Gasteiger partial charge in [0.15, 0.2) is 5.96 Å². The fraction of sp³-hybridized carbons (Fsp3) is 0.435. The second-order valence-corrected chi connectivity index (χ2v) is 6.61. The Morgan fingerprint density at radius 3 is 2.27 bits per heavy atom. The summed E-state index contributed by atoms with van der Waals surface area (Å²) in [6.07, 6.45) is 0. The van der Waals surface area contributed by atoms with E-state index in [1.54, 1.807) is 14.2 Å². The Bertz CT molecular complexity index is 749. The molecule has 2 aromatic rings. The zero-order valence-electron chi connectivity index (χ0n) is 18.5. The second-order valence-electron chi connectivity index (χ2n) is 6.61. The molecule has 0 saturated carbocycles. The Morgan fingerprint density at radius 1 is 0.967 bits per heavy atom. The first-order chi connectivity index (χ1) is 14.2. The Kier molecular flexibility index (Phi) is 12.9. The van der Waals surface area contributed by atoms with Gasteiger partial charge in [-0.05, 0) is 36.9 Å². The van der Waals surface area contributed by atoms with E-state index in [4.69, 9.17) is 9.47 Å². The summed E-state index contributed by atoms with van der Waals surface area (Å²) in [6.45, 7) is 9.43. The van der Waals surface area contributed by atoms with Crippen molar-refractivity contribution >= 4 is 29.9 Å². The monoisotopic (exact) mass is 526 g/mol. The van der Waals surface area contributed by atoms with Crippen molar-refractivity contribution in [2.45, 2.75) is 26.9 Å². The normalized spacial score (nSPS) is 11.0. The topological polar surface area (TPSA) is 58.1 Å². The van der Waals surface area contributed by atoms with Gasteiger partial charge >= 0.3 is 0 Å². The average molecular weight is 526 g/mol. The Hall–Kier alpha value is -2.00. The molecule has 0 unspecified atom stereocenters. The van der Waals surface area contributed by atoms with Gasteiger partial charge in [-0.25, -0.2) is 0 Å². The maximum atomic E-state index is 5.84. The number of benzene rings is 2. The number of rotatable bonds is 11. The minimum absolute atomic E-state index is 0. The molecule has 0 radical (unpaired) electrons. The molecule has 2 N–H and O–H groups in total. The van der Waals surface area contributed by atoms with Crippen LogP contribution >= 0.6 is 24.0 Å². The fourth-order valence-corrected chi connectivity index (χ4v) is 2.97. The number of guanidine groups is 1. The lowest BCUT2D eigenvalue weighted by Gasteiger charge is -2.18. The summed E-state index contributed by atoms with van der Waals surface area (Å²) in [6, 6.07) is 16.2. The van der Waals surface area contributed by atoms with Crippen molar-refractivity contribution in [3.8, 4) is 11.5 Å². The zero-order chi connectivity index (χ0) is 20.9. The molecular weight excluding hydrogens is 491 g/mol. The number of nitrogens with one attached hydrogen (secondary N) is 2. The van der Waals surface area contributed by atoms with Crippen molar-refractivity contribution in [1.29, 1.82) is 0 Å². The van der Waals surface area contributed by atoms with Crippen molar-refractivity contribution in [3.63, 3.8) is 0 Å². The largest absolute Gasteiger partial charge is 0.496 e. The van der Waals surface area contributed by atoms with Crippen molar-refractivity contribution < 1.29 is 9.47 Å². The first-order valence-electron chi connectivity index (χ1n) is 10.2. The molecule has 7 heteroatoms. The second kappa shape index (κ2) is 14.9. The molecule has 0 atom stereocenters. The molecule has 2 rings (SSSR count). The molecule has 0 saturated heterocycles. The van der Waals surface area contributed by atoms with Gasteiger partial charge in [0.25, 0.3) is 0 Å². The van der Waals surface area contributed by atoms with Crippen LogP contribution in [-0.4, -0.2) is 51.3 Å². The van der Waals surface area contributed by atoms with Crippen LogP contribution in [0.5, 0.6) is 11.5 Å². The molecule has 0 fully saturated rings. The highest BCUT2D eigenvalue weighted by molar-refractivity contribution is 14.0. The van der Waals surface area contributed by atoms with E-state index < -0.39 is 0 Å². The predicted octanol–water partition coefficient (Wildman–Crippen LogP) is 3.90. The van der Waals surface area contributed by atoms with E-state index in [1.807, 2.05) is 36.4 Å². The van der Waals surface area contributed by atoms with Gasteiger partial charge in [0, 0.05) is 32.2 Å². The van der Waals surface area contributed by atoms with E-state index >= 15 is 0 Å². The molecule has 0 aliphatic carbocycles. The number of likely N-dealkylation sites (N-methyl/N-ethyl adjacent to an activating group) is 1. The van der Waals surface area contributed by atoms with Crippen LogP contribution in [0.1, 0.15) is 25.0 Å². The fourth-order valence-electron chi connectivity index (χ4n) is 2.97. The molecule has 0 spiro atoms. The molecule has 0 aliphatic rings. The van der Waals surface area contributed by atoms with Crippen molar-refractivity contribution in [1.82, 2.24) is 15.5 Å². The standard InChI is InChI=1S/C23H34N4O2.HI/c1-5-27(6-2)15-16-29-21-13-11-19(12-14-21)17-25-23(24-3)26-18-20-9-7-8-10-22(20)28-4;/h7-14H,5-6,15-18H2,1-4H3,(H2,24,25,26);1H. The summed E-state index contributed by atoms with van der Waals surface area (Å²) in [4.78, 5) is 6.64. The van der Waals surface area contributed by atoms with Crippen LogP contribution in [0.25, 0.3) is 0 Å². The van der Waals surface area contributed by atoms with Gasteiger partial charge in [-0.1, -0.05) is 44.2 Å². The predicted molar refractivity (Wildman–Crippen MR) is 135 cm³/mol. The molecule has 2 aromatic carbocycles. The van der Waals surface area contributed by atoms with Crippen LogP contribution in [-0.2, 0) is 13.1 Å². The highest BCUT2D eigenvalue weighted by Crippen LogP contribution is 2.16. The number of para-hydroxylation sites is 1. The van der Waals surface area contributed by atoms with Gasteiger partial charge in [0.1, 0.15) is 18.1 Å². The van der Waals surface area contributed by atoms with Gasteiger partial charge in [-0.2, -0.15) is 0 Å². The molecule has 30 heavy (non-hydrogen) atoms. The molecule has 0 aromatic heterocycles. The quantitative estimate of drug-likeness (QED) is 0.264. The van der Waals surface area contributed by atoms with Crippen LogP contribution < -0.4 is 20.1 Å². The number of ether oxygens (including phenoxy) is 2. The summed E-state index contributed by atoms with van der Waals surface area (Å²) in [5.41, 5.74) is 2.26. The zero-order valence-corrected chi connectivity index (χ0v) is 20.8. The molecule has 0 heterocycles. The lowest BCUT2D eigenvalue weighted by Crippen LogP contribution is -2.36. The van der Waals surface area contributed by atoms with Crippen LogP contribution in [0.3, 0.4) is 0 Å². The van der Waals surface area contributed by atoms with E-state index in [0.717, 1.165) is 42.7 Å². The average Bonchev–Trinajstić information content (AvgIpc) is 2.78. The molecule has 0 bridgehead atoms. The molecule has 166 valence electrons.